The summed E-state index contributed by atoms with van der Waals surface area (Å²) in [6.07, 6.45) is 2.48. The maximum Gasteiger partial charge on any atom is 0.322 e. The second-order valence-corrected chi connectivity index (χ2v) is 4.73. The third kappa shape index (κ3) is 2.73. The van der Waals surface area contributed by atoms with E-state index >= 15 is 0 Å². The fourth-order valence-corrected chi connectivity index (χ4v) is 1.76. The van der Waals surface area contributed by atoms with Crippen LogP contribution < -0.4 is 21.3 Å². The number of nitrogens with two attached hydrogens (primary N) is 1. The molecule has 0 radical (unpaired) electrons. The number of hydrogen-bond acceptors (Lipinski definition) is 7. The van der Waals surface area contributed by atoms with Crippen LogP contribution in [-0.4, -0.2) is 27.6 Å². The van der Waals surface area contributed by atoms with Gasteiger partial charge in [-0.25, -0.2) is 5.84 Å². The Balaban J connectivity index is 2.19. The van der Waals surface area contributed by atoms with Gasteiger partial charge >= 0.3 is 6.01 Å². The summed E-state index contributed by atoms with van der Waals surface area (Å²) in [6.45, 7) is 4.27. The molecule has 1 aromatic heterocycles. The number of anilines is 2. The molecule has 94 valence electrons. The summed E-state index contributed by atoms with van der Waals surface area (Å²) in [7, 11) is 1.51. The first-order valence-corrected chi connectivity index (χ1v) is 5.60. The molecule has 1 aliphatic carbocycles. The van der Waals surface area contributed by atoms with E-state index in [0.717, 1.165) is 0 Å². The fraction of sp³-hybridized carbons (Fsp3) is 0.700. The van der Waals surface area contributed by atoms with Crippen LogP contribution in [0.15, 0.2) is 0 Å². The highest BCUT2D eigenvalue weighted by atomic mass is 16.5. The van der Waals surface area contributed by atoms with Crippen molar-refractivity contribution in [2.75, 3.05) is 17.9 Å². The average molecular weight is 238 g/mol. The molecule has 1 heterocycles. The number of ether oxygens (including phenoxy) is 1. The molecule has 7 nitrogen and oxygen atoms in total. The molecule has 0 saturated heterocycles. The van der Waals surface area contributed by atoms with E-state index in [1.54, 1.807) is 0 Å². The van der Waals surface area contributed by atoms with Crippen LogP contribution in [0.5, 0.6) is 6.01 Å². The van der Waals surface area contributed by atoms with E-state index in [1.807, 2.05) is 0 Å². The second-order valence-electron chi connectivity index (χ2n) is 4.73. The fourth-order valence-electron chi connectivity index (χ4n) is 1.76. The zero-order valence-electron chi connectivity index (χ0n) is 10.3. The van der Waals surface area contributed by atoms with Gasteiger partial charge in [-0.2, -0.15) is 15.0 Å². The SMILES string of the molecule is COc1nc(NN)nc(NC(C)(C)C2CC2)n1. The summed E-state index contributed by atoms with van der Waals surface area (Å²) in [6, 6.07) is 0.238. The Labute approximate surface area is 100 Å². The van der Waals surface area contributed by atoms with E-state index in [-0.39, 0.29) is 17.5 Å². The maximum absolute atomic E-state index is 5.29. The summed E-state index contributed by atoms with van der Waals surface area (Å²) >= 11 is 0. The summed E-state index contributed by atoms with van der Waals surface area (Å²) < 4.78 is 4.99. The van der Waals surface area contributed by atoms with Crippen molar-refractivity contribution < 1.29 is 4.74 Å². The monoisotopic (exact) mass is 238 g/mol. The van der Waals surface area contributed by atoms with Gasteiger partial charge in [0.15, 0.2) is 0 Å². The van der Waals surface area contributed by atoms with Crippen molar-refractivity contribution in [1.82, 2.24) is 15.0 Å². The van der Waals surface area contributed by atoms with E-state index in [9.17, 15) is 0 Å². The predicted molar refractivity (Wildman–Crippen MR) is 64.6 cm³/mol. The number of nitrogens with one attached hydrogen (secondary N) is 2. The van der Waals surface area contributed by atoms with Crippen molar-refractivity contribution in [2.45, 2.75) is 32.2 Å². The van der Waals surface area contributed by atoms with Crippen LogP contribution in [0.2, 0.25) is 0 Å². The smallest absolute Gasteiger partial charge is 0.322 e. The van der Waals surface area contributed by atoms with Crippen LogP contribution in [0, 0.1) is 5.92 Å². The third-order valence-corrected chi connectivity index (χ3v) is 2.96. The van der Waals surface area contributed by atoms with Gasteiger partial charge in [0.05, 0.1) is 7.11 Å². The molecule has 0 aliphatic heterocycles. The summed E-state index contributed by atoms with van der Waals surface area (Å²) in [5.74, 6) is 6.72. The topological polar surface area (TPSA) is 98.0 Å². The van der Waals surface area contributed by atoms with E-state index in [1.165, 1.54) is 20.0 Å². The summed E-state index contributed by atoms with van der Waals surface area (Å²) in [5.41, 5.74) is 2.36. The predicted octanol–water partition coefficient (Wildman–Crippen LogP) is 0.766. The van der Waals surface area contributed by atoms with E-state index < -0.39 is 0 Å². The molecule has 0 bridgehead atoms. The first-order chi connectivity index (χ1) is 8.05. The Bertz CT molecular complexity index is 382. The van der Waals surface area contributed by atoms with Crippen LogP contribution in [-0.2, 0) is 0 Å². The lowest BCUT2D eigenvalue weighted by Crippen LogP contribution is -2.34. The van der Waals surface area contributed by atoms with Gasteiger partial charge in [0.25, 0.3) is 0 Å². The van der Waals surface area contributed by atoms with Crippen LogP contribution in [0.1, 0.15) is 26.7 Å². The molecule has 17 heavy (non-hydrogen) atoms. The van der Waals surface area contributed by atoms with Crippen LogP contribution >= 0.6 is 0 Å². The highest BCUT2D eigenvalue weighted by molar-refractivity contribution is 5.37. The first kappa shape index (κ1) is 11.8. The van der Waals surface area contributed by atoms with E-state index in [4.69, 9.17) is 10.6 Å². The van der Waals surface area contributed by atoms with Crippen molar-refractivity contribution in [1.29, 1.82) is 0 Å². The normalized spacial score (nSPS) is 15.5. The quantitative estimate of drug-likeness (QED) is 0.514. The van der Waals surface area contributed by atoms with Crippen LogP contribution in [0.4, 0.5) is 11.9 Å². The molecule has 4 N–H and O–H groups in total. The Morgan fingerprint density at radius 2 is 1.88 bits per heavy atom. The van der Waals surface area contributed by atoms with E-state index in [2.05, 4.69) is 39.5 Å². The average Bonchev–Trinajstić information content (AvgIpc) is 3.11. The molecule has 1 saturated carbocycles. The van der Waals surface area contributed by atoms with Gasteiger partial charge in [0.2, 0.25) is 11.9 Å². The lowest BCUT2D eigenvalue weighted by atomic mass is 9.99. The number of hydrogen-bond donors (Lipinski definition) is 3. The number of aromatic nitrogens is 3. The maximum atomic E-state index is 5.29. The highest BCUT2D eigenvalue weighted by Crippen LogP contribution is 2.40. The van der Waals surface area contributed by atoms with Crippen molar-refractivity contribution in [3.63, 3.8) is 0 Å². The van der Waals surface area contributed by atoms with Gasteiger partial charge in [0.1, 0.15) is 0 Å². The van der Waals surface area contributed by atoms with E-state index in [0.29, 0.717) is 11.9 Å². The van der Waals surface area contributed by atoms with Gasteiger partial charge in [-0.1, -0.05) is 0 Å². The molecule has 2 rings (SSSR count). The third-order valence-electron chi connectivity index (χ3n) is 2.96. The minimum atomic E-state index is -0.0295. The zero-order chi connectivity index (χ0) is 12.5. The second kappa shape index (κ2) is 4.33. The molecular weight excluding hydrogens is 220 g/mol. The molecule has 0 aromatic carbocycles. The minimum absolute atomic E-state index is 0.0295. The summed E-state index contributed by atoms with van der Waals surface area (Å²) in [5, 5.41) is 3.29. The Hall–Kier alpha value is -1.63. The molecule has 0 atom stereocenters. The molecule has 0 unspecified atom stereocenters. The molecule has 0 amide bonds. The molecule has 1 fully saturated rings. The largest absolute Gasteiger partial charge is 0.467 e. The molecule has 7 heteroatoms. The standard InChI is InChI=1S/C10H18N6O/c1-10(2,6-4-5-6)15-7-12-8(16-11)14-9(13-7)17-3/h6H,4-5,11H2,1-3H3,(H2,12,13,14,15,16). The number of nitrogen functional groups attached to an aromatic ring is 1. The molecule has 0 spiro atoms. The summed E-state index contributed by atoms with van der Waals surface area (Å²) in [4.78, 5) is 12.2. The Morgan fingerprint density at radius 3 is 2.41 bits per heavy atom. The molecular formula is C10H18N6O. The lowest BCUT2D eigenvalue weighted by molar-refractivity contribution is 0.378. The van der Waals surface area contributed by atoms with Crippen molar-refractivity contribution >= 4 is 11.9 Å². The Kier molecular flexibility index (Phi) is 3.01. The Morgan fingerprint density at radius 1 is 1.24 bits per heavy atom. The number of nitrogens with zero attached hydrogens (tertiary/aromatic N) is 3. The first-order valence-electron chi connectivity index (χ1n) is 5.60. The lowest BCUT2D eigenvalue weighted by Gasteiger charge is -2.26. The molecule has 1 aromatic rings. The minimum Gasteiger partial charge on any atom is -0.467 e. The van der Waals surface area contributed by atoms with Gasteiger partial charge < -0.3 is 10.1 Å². The molecule has 1 aliphatic rings. The van der Waals surface area contributed by atoms with Gasteiger partial charge in [-0.15, -0.1) is 0 Å². The number of rotatable bonds is 5. The van der Waals surface area contributed by atoms with Crippen LogP contribution in [0.3, 0.4) is 0 Å². The highest BCUT2D eigenvalue weighted by Gasteiger charge is 2.38. The van der Waals surface area contributed by atoms with Gasteiger partial charge in [-0.3, -0.25) is 5.43 Å². The van der Waals surface area contributed by atoms with Crippen molar-refractivity contribution in [2.24, 2.45) is 11.8 Å². The van der Waals surface area contributed by atoms with Crippen molar-refractivity contribution in [3.8, 4) is 6.01 Å². The van der Waals surface area contributed by atoms with Crippen LogP contribution in [0.25, 0.3) is 0 Å². The zero-order valence-corrected chi connectivity index (χ0v) is 10.3. The van der Waals surface area contributed by atoms with Gasteiger partial charge in [0, 0.05) is 5.54 Å². The number of hydrazine groups is 1. The van der Waals surface area contributed by atoms with Crippen molar-refractivity contribution in [3.05, 3.63) is 0 Å². The number of methoxy groups -OCH3 is 1. The van der Waals surface area contributed by atoms with Gasteiger partial charge in [-0.05, 0) is 32.6 Å².